The molecule has 6 heterocycles. The first-order chi connectivity index (χ1) is 26.2. The molecule has 0 bridgehead atoms. The number of anilines is 3. The summed E-state index contributed by atoms with van der Waals surface area (Å²) in [7, 11) is 2.18. The molecular formula is C43H66N8O3. The van der Waals surface area contributed by atoms with Crippen molar-refractivity contribution in [3.63, 3.8) is 0 Å². The van der Waals surface area contributed by atoms with Gasteiger partial charge in [0.25, 0.3) is 0 Å². The number of ether oxygens (including phenoxy) is 3. The van der Waals surface area contributed by atoms with Crippen LogP contribution in [0.3, 0.4) is 0 Å². The summed E-state index contributed by atoms with van der Waals surface area (Å²) in [5, 5.41) is 0. The van der Waals surface area contributed by atoms with Gasteiger partial charge < -0.3 is 28.9 Å². The smallest absolute Gasteiger partial charge is 0.128 e. The molecule has 11 nitrogen and oxygen atoms in total. The van der Waals surface area contributed by atoms with E-state index in [0.29, 0.717) is 17.9 Å². The molecule has 296 valence electrons. The Balaban J connectivity index is 1.08. The molecule has 11 heteroatoms. The lowest BCUT2D eigenvalue weighted by molar-refractivity contribution is -0.0304. The Morgan fingerprint density at radius 1 is 0.685 bits per heavy atom. The largest absolute Gasteiger partial charge is 0.379 e. The Bertz CT molecular complexity index is 1570. The van der Waals surface area contributed by atoms with Gasteiger partial charge in [0.2, 0.25) is 0 Å². The lowest BCUT2D eigenvalue weighted by Gasteiger charge is -2.39. The second kappa shape index (κ2) is 20.0. The number of aromatic nitrogens is 3. The van der Waals surface area contributed by atoms with E-state index in [-0.39, 0.29) is 12.2 Å². The first-order valence-electron chi connectivity index (χ1n) is 20.6. The fraction of sp³-hybridized carbons (Fsp3) is 0.651. The van der Waals surface area contributed by atoms with Crippen molar-refractivity contribution in [2.24, 2.45) is 0 Å². The molecule has 0 saturated carbocycles. The van der Waals surface area contributed by atoms with Crippen molar-refractivity contribution in [1.29, 1.82) is 0 Å². The molecule has 3 aliphatic rings. The van der Waals surface area contributed by atoms with Crippen molar-refractivity contribution >= 4 is 17.5 Å². The van der Waals surface area contributed by atoms with E-state index in [1.165, 1.54) is 0 Å². The number of morpholine rings is 2. The van der Waals surface area contributed by atoms with Crippen molar-refractivity contribution < 1.29 is 14.2 Å². The molecule has 0 N–H and O–H groups in total. The molecule has 3 aromatic heterocycles. The number of nitrogens with zero attached hydrogens (tertiary/aromatic N) is 8. The fourth-order valence-corrected chi connectivity index (χ4v) is 7.82. The van der Waals surface area contributed by atoms with Gasteiger partial charge in [0.1, 0.15) is 17.5 Å². The number of rotatable bonds is 17. The van der Waals surface area contributed by atoms with Crippen LogP contribution in [0.4, 0.5) is 17.5 Å². The lowest BCUT2D eigenvalue weighted by atomic mass is 10.0. The van der Waals surface area contributed by atoms with Crippen molar-refractivity contribution in [3.05, 3.63) is 71.7 Å². The molecule has 0 aliphatic carbocycles. The summed E-state index contributed by atoms with van der Waals surface area (Å²) in [4.78, 5) is 27.4. The van der Waals surface area contributed by atoms with E-state index in [1.54, 1.807) is 0 Å². The lowest BCUT2D eigenvalue weighted by Crippen LogP contribution is -2.49. The number of aryl methyl sites for hydroxylation is 1. The predicted molar refractivity (Wildman–Crippen MR) is 219 cm³/mol. The van der Waals surface area contributed by atoms with Crippen LogP contribution in [-0.2, 0) is 14.2 Å². The summed E-state index contributed by atoms with van der Waals surface area (Å²) in [6.07, 6.45) is 3.23. The van der Waals surface area contributed by atoms with E-state index in [9.17, 15) is 0 Å². The number of pyridine rings is 3. The monoisotopic (exact) mass is 743 g/mol. The van der Waals surface area contributed by atoms with Gasteiger partial charge in [-0.2, -0.15) is 0 Å². The summed E-state index contributed by atoms with van der Waals surface area (Å²) in [6, 6.07) is 19.6. The Morgan fingerprint density at radius 3 is 2.00 bits per heavy atom. The molecule has 0 spiro atoms. The first kappa shape index (κ1) is 40.3. The maximum absolute atomic E-state index is 6.46. The molecule has 3 fully saturated rings. The Labute approximate surface area is 325 Å². The van der Waals surface area contributed by atoms with E-state index in [4.69, 9.17) is 29.2 Å². The molecule has 3 unspecified atom stereocenters. The van der Waals surface area contributed by atoms with E-state index in [1.807, 2.05) is 0 Å². The highest BCUT2D eigenvalue weighted by Gasteiger charge is 2.29. The summed E-state index contributed by atoms with van der Waals surface area (Å²) < 4.78 is 18.5. The second-order valence-corrected chi connectivity index (χ2v) is 16.0. The van der Waals surface area contributed by atoms with Gasteiger partial charge in [0, 0.05) is 102 Å². The molecule has 0 amide bonds. The zero-order valence-corrected chi connectivity index (χ0v) is 33.9. The van der Waals surface area contributed by atoms with Crippen LogP contribution in [-0.4, -0.2) is 142 Å². The summed E-state index contributed by atoms with van der Waals surface area (Å²) in [5.41, 5.74) is 3.32. The molecule has 54 heavy (non-hydrogen) atoms. The molecule has 3 atom stereocenters. The van der Waals surface area contributed by atoms with Gasteiger partial charge in [0.15, 0.2) is 0 Å². The minimum Gasteiger partial charge on any atom is -0.379 e. The van der Waals surface area contributed by atoms with Gasteiger partial charge in [-0.1, -0.05) is 45.9 Å². The average molecular weight is 743 g/mol. The third-order valence-electron chi connectivity index (χ3n) is 11.3. The standard InChI is InChI=1S/C43H66N8O3/c1-33(2)39-11-8-14-42(45-39)50(21-19-48-23-27-52-28-24-48)18-16-37-31-49(25-29-54-37)20-22-51(43-15-9-12-40(46-43)34(3)4)32-38-30-36(17-26-53-38)47(6)41-13-7-10-35(5)44-41/h7-15,33-34,36-38H,16-32H2,1-6H3. The normalized spacial score (nSPS) is 21.4. The van der Waals surface area contributed by atoms with Crippen LogP contribution < -0.4 is 14.7 Å². The third kappa shape index (κ3) is 11.6. The van der Waals surface area contributed by atoms with Crippen LogP contribution in [0.1, 0.15) is 75.9 Å². The van der Waals surface area contributed by atoms with E-state index < -0.39 is 0 Å². The summed E-state index contributed by atoms with van der Waals surface area (Å²) in [6.45, 7) is 23.5. The van der Waals surface area contributed by atoms with Gasteiger partial charge in [0.05, 0.1) is 32.0 Å². The van der Waals surface area contributed by atoms with E-state index >= 15 is 0 Å². The van der Waals surface area contributed by atoms with E-state index in [2.05, 4.69) is 121 Å². The highest BCUT2D eigenvalue weighted by atomic mass is 16.5. The second-order valence-electron chi connectivity index (χ2n) is 16.0. The molecule has 3 aliphatic heterocycles. The molecule has 3 saturated heterocycles. The highest BCUT2D eigenvalue weighted by Crippen LogP contribution is 2.26. The summed E-state index contributed by atoms with van der Waals surface area (Å²) in [5.74, 6) is 3.91. The molecule has 0 radical (unpaired) electrons. The van der Waals surface area contributed by atoms with Crippen molar-refractivity contribution in [3.8, 4) is 0 Å². The molecule has 0 aromatic carbocycles. The van der Waals surface area contributed by atoms with Crippen LogP contribution >= 0.6 is 0 Å². The van der Waals surface area contributed by atoms with Crippen molar-refractivity contribution in [1.82, 2.24) is 24.8 Å². The predicted octanol–water partition coefficient (Wildman–Crippen LogP) is 5.85. The maximum Gasteiger partial charge on any atom is 0.128 e. The van der Waals surface area contributed by atoms with Crippen LogP contribution in [0.2, 0.25) is 0 Å². The Hall–Kier alpha value is -3.35. The maximum atomic E-state index is 6.46. The quantitative estimate of drug-likeness (QED) is 0.167. The van der Waals surface area contributed by atoms with Crippen LogP contribution in [0.25, 0.3) is 0 Å². The number of hydrogen-bond acceptors (Lipinski definition) is 11. The van der Waals surface area contributed by atoms with E-state index in [0.717, 1.165) is 146 Å². The number of hydrogen-bond donors (Lipinski definition) is 0. The zero-order valence-electron chi connectivity index (χ0n) is 33.9. The van der Waals surface area contributed by atoms with Crippen LogP contribution in [0.5, 0.6) is 0 Å². The van der Waals surface area contributed by atoms with Crippen molar-refractivity contribution in [2.75, 3.05) is 114 Å². The fourth-order valence-electron chi connectivity index (χ4n) is 7.82. The molecule has 6 rings (SSSR count). The average Bonchev–Trinajstić information content (AvgIpc) is 3.20. The van der Waals surface area contributed by atoms with Gasteiger partial charge >= 0.3 is 0 Å². The SMILES string of the molecule is Cc1cccc(N(C)C2CCOC(CN(CCN3CCOC(CCN(CCN4CCOCC4)c4cccc(C(C)C)n4)C3)c3cccc(C(C)C)n3)C2)n1. The van der Waals surface area contributed by atoms with Crippen LogP contribution in [0, 0.1) is 6.92 Å². The van der Waals surface area contributed by atoms with Gasteiger partial charge in [-0.15, -0.1) is 0 Å². The summed E-state index contributed by atoms with van der Waals surface area (Å²) >= 11 is 0. The minimum atomic E-state index is 0.115. The molecular weight excluding hydrogens is 677 g/mol. The highest BCUT2D eigenvalue weighted by molar-refractivity contribution is 5.42. The third-order valence-corrected chi connectivity index (χ3v) is 11.3. The van der Waals surface area contributed by atoms with Crippen molar-refractivity contribution in [2.45, 2.75) is 84.0 Å². The minimum absolute atomic E-state index is 0.115. The molecule has 3 aromatic rings. The Kier molecular flexibility index (Phi) is 14.9. The van der Waals surface area contributed by atoms with Gasteiger partial charge in [-0.25, -0.2) is 15.0 Å². The van der Waals surface area contributed by atoms with Gasteiger partial charge in [-0.05, 0) is 74.4 Å². The Morgan fingerprint density at radius 2 is 1.30 bits per heavy atom. The first-order valence-corrected chi connectivity index (χ1v) is 20.6. The van der Waals surface area contributed by atoms with Gasteiger partial charge in [-0.3, -0.25) is 9.80 Å². The zero-order chi connectivity index (χ0) is 37.9. The topological polar surface area (TPSA) is 82.6 Å². The van der Waals surface area contributed by atoms with Crippen LogP contribution in [0.15, 0.2) is 54.6 Å².